The quantitative estimate of drug-likeness (QED) is 0.296. The predicted molar refractivity (Wildman–Crippen MR) is 163 cm³/mol. The van der Waals surface area contributed by atoms with Gasteiger partial charge >= 0.3 is 0 Å². The number of rotatable bonds is 11. The van der Waals surface area contributed by atoms with Crippen LogP contribution in [0.4, 0.5) is 10.1 Å². The molecule has 0 unspecified atom stereocenters. The highest BCUT2D eigenvalue weighted by molar-refractivity contribution is 7.92. The number of carbonyl (C=O) groups is 2. The summed E-state index contributed by atoms with van der Waals surface area (Å²) in [5.41, 5.74) is 0.443. The van der Waals surface area contributed by atoms with Gasteiger partial charge in [-0.15, -0.1) is 0 Å². The largest absolute Gasteiger partial charge is 0.486 e. The maximum absolute atomic E-state index is 14.2. The molecule has 0 fully saturated rings. The van der Waals surface area contributed by atoms with Crippen LogP contribution in [0.15, 0.2) is 65.6 Å². The van der Waals surface area contributed by atoms with Gasteiger partial charge in [0.25, 0.3) is 10.0 Å². The highest BCUT2D eigenvalue weighted by atomic mass is 35.5. The highest BCUT2D eigenvalue weighted by Gasteiger charge is 2.35. The highest BCUT2D eigenvalue weighted by Crippen LogP contribution is 2.35. The summed E-state index contributed by atoms with van der Waals surface area (Å²) < 4.78 is 54.0. The zero-order valence-electron chi connectivity index (χ0n) is 23.8. The number of hydrogen-bond acceptors (Lipinski definition) is 6. The Morgan fingerprint density at radius 1 is 0.977 bits per heavy atom. The smallest absolute Gasteiger partial charge is 0.264 e. The Hall–Kier alpha value is -3.54. The molecule has 0 spiro atoms. The van der Waals surface area contributed by atoms with Crippen LogP contribution >= 0.6 is 23.2 Å². The van der Waals surface area contributed by atoms with Crippen LogP contribution < -0.4 is 19.1 Å². The number of sulfonamides is 1. The lowest BCUT2D eigenvalue weighted by molar-refractivity contribution is -0.140. The lowest BCUT2D eigenvalue weighted by Crippen LogP contribution is -2.53. The van der Waals surface area contributed by atoms with Crippen molar-refractivity contribution in [2.45, 2.75) is 50.7 Å². The van der Waals surface area contributed by atoms with Crippen LogP contribution in [0.25, 0.3) is 0 Å². The first-order chi connectivity index (χ1) is 20.4. The van der Waals surface area contributed by atoms with Crippen molar-refractivity contribution in [3.8, 4) is 11.5 Å². The lowest BCUT2D eigenvalue weighted by Gasteiger charge is -2.34. The van der Waals surface area contributed by atoms with E-state index in [2.05, 4.69) is 5.32 Å². The predicted octanol–water partition coefficient (Wildman–Crippen LogP) is 5.43. The van der Waals surface area contributed by atoms with Crippen LogP contribution in [0, 0.1) is 5.82 Å². The molecule has 3 aromatic rings. The Balaban J connectivity index is 1.77. The Bertz CT molecular complexity index is 1570. The van der Waals surface area contributed by atoms with Gasteiger partial charge in [0.15, 0.2) is 11.5 Å². The van der Waals surface area contributed by atoms with Gasteiger partial charge in [-0.25, -0.2) is 12.8 Å². The number of amides is 2. The fourth-order valence-corrected chi connectivity index (χ4v) is 6.55. The topological polar surface area (TPSA) is 105 Å². The summed E-state index contributed by atoms with van der Waals surface area (Å²) in [6.07, 6.45) is 0.220. The van der Waals surface area contributed by atoms with Gasteiger partial charge in [0.1, 0.15) is 31.6 Å². The summed E-state index contributed by atoms with van der Waals surface area (Å²) in [7, 11) is -4.41. The SMILES string of the molecule is CC[C@@H](C(=O)NC(C)C)N(Cc1c(Cl)cccc1Cl)C(=O)CN(c1ccc(F)cc1)S(=O)(=O)c1ccc2c(c1)OCCO2. The van der Waals surface area contributed by atoms with Crippen LogP contribution in [0.2, 0.25) is 10.0 Å². The van der Waals surface area contributed by atoms with E-state index < -0.39 is 40.2 Å². The van der Waals surface area contributed by atoms with Crippen molar-refractivity contribution in [1.29, 1.82) is 0 Å². The molecule has 0 aromatic heterocycles. The molecule has 1 aliphatic rings. The fraction of sp³-hybridized carbons (Fsp3) is 0.333. The summed E-state index contributed by atoms with van der Waals surface area (Å²) in [5.74, 6) is -1.08. The molecular weight excluding hydrogens is 620 g/mol. The molecular formula is C30H32Cl2FN3O6S. The summed E-state index contributed by atoms with van der Waals surface area (Å²) in [6, 6.07) is 12.5. The first kappa shape index (κ1) is 32.4. The first-order valence-electron chi connectivity index (χ1n) is 13.6. The number of hydrogen-bond donors (Lipinski definition) is 1. The van der Waals surface area contributed by atoms with Crippen LogP contribution in [-0.4, -0.2) is 57.0 Å². The van der Waals surface area contributed by atoms with Crippen molar-refractivity contribution >= 4 is 50.7 Å². The van der Waals surface area contributed by atoms with Crippen molar-refractivity contribution in [2.24, 2.45) is 0 Å². The van der Waals surface area contributed by atoms with Crippen LogP contribution in [0.1, 0.15) is 32.8 Å². The minimum absolute atomic E-state index is 0.0417. The molecule has 1 heterocycles. The summed E-state index contributed by atoms with van der Waals surface area (Å²) >= 11 is 12.9. The van der Waals surface area contributed by atoms with Crippen LogP contribution in [0.3, 0.4) is 0 Å². The number of ether oxygens (including phenoxy) is 2. The second-order valence-corrected chi connectivity index (χ2v) is 12.8. The number of nitrogens with zero attached hydrogens (tertiary/aromatic N) is 2. The molecule has 43 heavy (non-hydrogen) atoms. The maximum atomic E-state index is 14.2. The van der Waals surface area contributed by atoms with Crippen LogP contribution in [0.5, 0.6) is 11.5 Å². The number of benzene rings is 3. The zero-order chi connectivity index (χ0) is 31.3. The lowest BCUT2D eigenvalue weighted by atomic mass is 10.1. The summed E-state index contributed by atoms with van der Waals surface area (Å²) in [6.45, 7) is 5.01. The first-order valence-corrected chi connectivity index (χ1v) is 15.8. The van der Waals surface area contributed by atoms with Gasteiger partial charge in [-0.2, -0.15) is 0 Å². The van der Waals surface area contributed by atoms with E-state index in [1.807, 2.05) is 0 Å². The molecule has 0 bridgehead atoms. The van der Waals surface area contributed by atoms with E-state index in [1.54, 1.807) is 39.0 Å². The maximum Gasteiger partial charge on any atom is 0.264 e. The molecule has 9 nitrogen and oxygen atoms in total. The molecule has 0 radical (unpaired) electrons. The number of anilines is 1. The normalized spacial score (nSPS) is 13.4. The van der Waals surface area contributed by atoms with E-state index >= 15 is 0 Å². The van der Waals surface area contributed by atoms with Crippen molar-refractivity contribution < 1.29 is 31.9 Å². The fourth-order valence-electron chi connectivity index (χ4n) is 4.60. The molecule has 230 valence electrons. The summed E-state index contributed by atoms with van der Waals surface area (Å²) in [4.78, 5) is 28.5. The third kappa shape index (κ3) is 7.52. The second-order valence-electron chi connectivity index (χ2n) is 10.1. The average Bonchev–Trinajstić information content (AvgIpc) is 2.97. The van der Waals surface area contributed by atoms with Gasteiger partial charge in [0.2, 0.25) is 11.8 Å². The molecule has 4 rings (SSSR count). The molecule has 13 heteroatoms. The Morgan fingerprint density at radius 2 is 1.60 bits per heavy atom. The van der Waals surface area contributed by atoms with Crippen molar-refractivity contribution in [3.05, 3.63) is 82.1 Å². The van der Waals surface area contributed by atoms with E-state index in [0.717, 1.165) is 16.4 Å². The average molecular weight is 653 g/mol. The number of halogens is 3. The minimum Gasteiger partial charge on any atom is -0.486 e. The minimum atomic E-state index is -4.41. The van der Waals surface area contributed by atoms with Crippen molar-refractivity contribution in [1.82, 2.24) is 10.2 Å². The molecule has 1 aliphatic heterocycles. The molecule has 0 aliphatic carbocycles. The van der Waals surface area contributed by atoms with Crippen LogP contribution in [-0.2, 0) is 26.2 Å². The molecule has 1 atom stereocenters. The Labute approximate surface area is 260 Å². The molecule has 0 saturated carbocycles. The summed E-state index contributed by atoms with van der Waals surface area (Å²) in [5, 5.41) is 3.38. The van der Waals surface area contributed by atoms with Gasteiger partial charge in [-0.05, 0) is 68.8 Å². The van der Waals surface area contributed by atoms with Gasteiger partial charge in [-0.3, -0.25) is 13.9 Å². The number of nitrogens with one attached hydrogen (secondary N) is 1. The standard InChI is InChI=1S/C30H32Cl2FN3O6S/c1-4-26(30(38)34-19(2)3)35(17-23-24(31)6-5-7-25(23)32)29(37)18-36(21-10-8-20(33)9-11-21)43(39,40)22-12-13-27-28(16-22)42-15-14-41-27/h5-13,16,19,26H,4,14-15,17-18H2,1-3H3,(H,34,38)/t26-/m0/s1. The Morgan fingerprint density at radius 3 is 2.21 bits per heavy atom. The van der Waals surface area contributed by atoms with Gasteiger partial charge in [0.05, 0.1) is 10.6 Å². The number of fused-ring (bicyclic) bond motifs is 1. The molecule has 1 N–H and O–H groups in total. The van der Waals surface area contributed by atoms with Crippen molar-refractivity contribution in [2.75, 3.05) is 24.1 Å². The monoisotopic (exact) mass is 651 g/mol. The molecule has 2 amide bonds. The number of carbonyl (C=O) groups excluding carboxylic acids is 2. The van der Waals surface area contributed by atoms with E-state index in [0.29, 0.717) is 17.9 Å². The van der Waals surface area contributed by atoms with Gasteiger partial charge in [0, 0.05) is 34.3 Å². The Kier molecular flexibility index (Phi) is 10.4. The van der Waals surface area contributed by atoms with E-state index in [-0.39, 0.29) is 52.0 Å². The molecule has 3 aromatic carbocycles. The van der Waals surface area contributed by atoms with Gasteiger partial charge < -0.3 is 19.7 Å². The van der Waals surface area contributed by atoms with E-state index in [1.165, 1.54) is 35.2 Å². The molecule has 0 saturated heterocycles. The zero-order valence-corrected chi connectivity index (χ0v) is 26.2. The third-order valence-corrected chi connectivity index (χ3v) is 9.18. The van der Waals surface area contributed by atoms with E-state index in [4.69, 9.17) is 32.7 Å². The second kappa shape index (κ2) is 13.8. The van der Waals surface area contributed by atoms with Crippen molar-refractivity contribution in [3.63, 3.8) is 0 Å². The third-order valence-electron chi connectivity index (χ3n) is 6.70. The van der Waals surface area contributed by atoms with E-state index in [9.17, 15) is 22.4 Å². The van der Waals surface area contributed by atoms with Gasteiger partial charge in [-0.1, -0.05) is 36.2 Å².